The molecule has 0 amide bonds. The number of carboxylic acid groups (broad SMARTS) is 2. The zero-order valence-corrected chi connectivity index (χ0v) is 19.3. The standard InChI is InChI=1S/C20H20Cl2N2OS.C2H2O4/c21-18-5-1-16(2-6-18)12-25-20(11-24-10-9-23-15-24)14-26-13-17-3-7-19(22)8-4-17;3-1(4)2(5)6/h1-10,15,20H,11-14H2;(H,3,4)(H,5,6). The largest absolute Gasteiger partial charge is 0.473 e. The Hall–Kier alpha value is -2.52. The fourth-order valence-corrected chi connectivity index (χ4v) is 3.73. The Labute approximate surface area is 199 Å². The molecule has 1 unspecified atom stereocenters. The Bertz CT molecular complexity index is 955. The normalized spacial score (nSPS) is 11.3. The molecule has 0 radical (unpaired) electrons. The van der Waals surface area contributed by atoms with Crippen LogP contribution >= 0.6 is 35.0 Å². The Morgan fingerprint density at radius 3 is 2.03 bits per heavy atom. The van der Waals surface area contributed by atoms with Crippen molar-refractivity contribution < 1.29 is 24.5 Å². The summed E-state index contributed by atoms with van der Waals surface area (Å²) >= 11 is 13.7. The number of imidazole rings is 1. The summed E-state index contributed by atoms with van der Waals surface area (Å²) in [5.41, 5.74) is 2.38. The van der Waals surface area contributed by atoms with Crippen LogP contribution in [0.3, 0.4) is 0 Å². The molecule has 0 saturated carbocycles. The maximum Gasteiger partial charge on any atom is 0.414 e. The Morgan fingerprint density at radius 2 is 1.53 bits per heavy atom. The molecule has 3 rings (SSSR count). The van der Waals surface area contributed by atoms with Crippen LogP contribution in [0.25, 0.3) is 0 Å². The van der Waals surface area contributed by atoms with Crippen LogP contribution in [-0.2, 0) is 33.2 Å². The minimum atomic E-state index is -1.82. The molecule has 1 heterocycles. The van der Waals surface area contributed by atoms with Crippen LogP contribution in [-0.4, -0.2) is 43.6 Å². The highest BCUT2D eigenvalue weighted by Crippen LogP contribution is 2.19. The Balaban J connectivity index is 0.000000534. The molecule has 0 aliphatic rings. The third-order valence-corrected chi connectivity index (χ3v) is 5.69. The third-order valence-electron chi connectivity index (χ3n) is 4.04. The van der Waals surface area contributed by atoms with E-state index in [4.69, 9.17) is 47.7 Å². The van der Waals surface area contributed by atoms with Gasteiger partial charge >= 0.3 is 11.9 Å². The second-order valence-electron chi connectivity index (χ2n) is 6.57. The highest BCUT2D eigenvalue weighted by Gasteiger charge is 2.11. The number of carboxylic acids is 2. The van der Waals surface area contributed by atoms with E-state index < -0.39 is 11.9 Å². The van der Waals surface area contributed by atoms with Gasteiger partial charge in [0.1, 0.15) is 0 Å². The van der Waals surface area contributed by atoms with E-state index in [9.17, 15) is 0 Å². The molecule has 3 aromatic rings. The molecule has 7 nitrogen and oxygen atoms in total. The molecule has 1 atom stereocenters. The maximum absolute atomic E-state index is 9.10. The van der Waals surface area contributed by atoms with Gasteiger partial charge in [0.25, 0.3) is 0 Å². The molecule has 10 heteroatoms. The molecular formula is C22H22Cl2N2O5S. The van der Waals surface area contributed by atoms with Gasteiger partial charge in [-0.25, -0.2) is 14.6 Å². The lowest BCUT2D eigenvalue weighted by molar-refractivity contribution is -0.159. The summed E-state index contributed by atoms with van der Waals surface area (Å²) < 4.78 is 8.22. The molecule has 1 aromatic heterocycles. The maximum atomic E-state index is 9.10. The van der Waals surface area contributed by atoms with Gasteiger partial charge in [-0.1, -0.05) is 47.5 Å². The second-order valence-corrected chi connectivity index (χ2v) is 8.47. The fourth-order valence-electron chi connectivity index (χ4n) is 2.47. The second kappa shape index (κ2) is 13.8. The number of aliphatic carboxylic acids is 2. The van der Waals surface area contributed by atoms with Gasteiger partial charge < -0.3 is 19.5 Å². The smallest absolute Gasteiger partial charge is 0.414 e. The highest BCUT2D eigenvalue weighted by atomic mass is 35.5. The average Bonchev–Trinajstić information content (AvgIpc) is 3.28. The molecule has 170 valence electrons. The van der Waals surface area contributed by atoms with Gasteiger partial charge in [0, 0.05) is 33.9 Å². The van der Waals surface area contributed by atoms with E-state index in [1.54, 1.807) is 6.20 Å². The number of aromatic nitrogens is 2. The van der Waals surface area contributed by atoms with Gasteiger partial charge in [0.05, 0.1) is 25.6 Å². The number of carbonyl (C=O) groups is 2. The SMILES string of the molecule is Clc1ccc(COC(CSCc2ccc(Cl)cc2)Cn2ccnc2)cc1.O=C(O)C(=O)O. The number of thioether (sulfide) groups is 1. The molecule has 2 aromatic carbocycles. The minimum absolute atomic E-state index is 0.0946. The van der Waals surface area contributed by atoms with Crippen molar-refractivity contribution in [1.29, 1.82) is 0 Å². The van der Waals surface area contributed by atoms with Crippen LogP contribution in [0.1, 0.15) is 11.1 Å². The predicted octanol–water partition coefficient (Wildman–Crippen LogP) is 4.86. The van der Waals surface area contributed by atoms with Gasteiger partial charge in [-0.15, -0.1) is 0 Å². The van der Waals surface area contributed by atoms with Crippen molar-refractivity contribution in [3.63, 3.8) is 0 Å². The van der Waals surface area contributed by atoms with E-state index in [2.05, 4.69) is 21.7 Å². The summed E-state index contributed by atoms with van der Waals surface area (Å²) in [5.74, 6) is -1.82. The van der Waals surface area contributed by atoms with E-state index >= 15 is 0 Å². The van der Waals surface area contributed by atoms with E-state index in [1.807, 2.05) is 60.7 Å². The van der Waals surface area contributed by atoms with Crippen molar-refractivity contribution in [2.45, 2.75) is 25.0 Å². The number of benzene rings is 2. The Morgan fingerprint density at radius 1 is 0.969 bits per heavy atom. The molecule has 0 aliphatic carbocycles. The van der Waals surface area contributed by atoms with Crippen molar-refractivity contribution in [3.8, 4) is 0 Å². The van der Waals surface area contributed by atoms with Crippen LogP contribution in [0.15, 0.2) is 67.3 Å². The van der Waals surface area contributed by atoms with Gasteiger partial charge in [0.15, 0.2) is 0 Å². The minimum Gasteiger partial charge on any atom is -0.473 e. The lowest BCUT2D eigenvalue weighted by Crippen LogP contribution is -2.22. The van der Waals surface area contributed by atoms with Crippen molar-refractivity contribution in [3.05, 3.63) is 88.4 Å². The Kier molecular flexibility index (Phi) is 11.1. The first-order valence-corrected chi connectivity index (χ1v) is 11.3. The number of nitrogens with zero attached hydrogens (tertiary/aromatic N) is 2. The average molecular weight is 497 g/mol. The van der Waals surface area contributed by atoms with Crippen molar-refractivity contribution in [1.82, 2.24) is 9.55 Å². The van der Waals surface area contributed by atoms with Crippen LogP contribution in [0.4, 0.5) is 0 Å². The zero-order chi connectivity index (χ0) is 23.3. The van der Waals surface area contributed by atoms with Crippen molar-refractivity contribution in [2.75, 3.05) is 5.75 Å². The van der Waals surface area contributed by atoms with E-state index in [0.29, 0.717) is 6.61 Å². The fraction of sp³-hybridized carbons (Fsp3) is 0.227. The molecule has 0 spiro atoms. The molecular weight excluding hydrogens is 475 g/mol. The topological polar surface area (TPSA) is 102 Å². The third kappa shape index (κ3) is 10.2. The molecule has 2 N–H and O–H groups in total. The van der Waals surface area contributed by atoms with Gasteiger partial charge in [-0.3, -0.25) is 0 Å². The quantitative estimate of drug-likeness (QED) is 0.407. The van der Waals surface area contributed by atoms with Crippen LogP contribution in [0, 0.1) is 0 Å². The summed E-state index contributed by atoms with van der Waals surface area (Å²) in [5, 5.41) is 16.3. The predicted molar refractivity (Wildman–Crippen MR) is 125 cm³/mol. The van der Waals surface area contributed by atoms with Gasteiger partial charge in [0.2, 0.25) is 0 Å². The summed E-state index contributed by atoms with van der Waals surface area (Å²) in [4.78, 5) is 22.3. The number of rotatable bonds is 9. The number of ether oxygens (including phenoxy) is 1. The lowest BCUT2D eigenvalue weighted by atomic mass is 10.2. The number of hydrogen-bond acceptors (Lipinski definition) is 5. The van der Waals surface area contributed by atoms with Crippen LogP contribution in [0.5, 0.6) is 0 Å². The molecule has 0 bridgehead atoms. The van der Waals surface area contributed by atoms with Crippen LogP contribution < -0.4 is 0 Å². The first-order chi connectivity index (χ1) is 15.3. The first kappa shape index (κ1) is 25.7. The van der Waals surface area contributed by atoms with Crippen LogP contribution in [0.2, 0.25) is 10.0 Å². The molecule has 0 aliphatic heterocycles. The number of halogens is 2. The zero-order valence-electron chi connectivity index (χ0n) is 16.9. The van der Waals surface area contributed by atoms with E-state index in [1.165, 1.54) is 5.56 Å². The van der Waals surface area contributed by atoms with Gasteiger partial charge in [-0.2, -0.15) is 11.8 Å². The summed E-state index contributed by atoms with van der Waals surface area (Å²) in [6, 6.07) is 15.8. The van der Waals surface area contributed by atoms with Crippen molar-refractivity contribution in [2.24, 2.45) is 0 Å². The summed E-state index contributed by atoms with van der Waals surface area (Å²) in [6.45, 7) is 1.35. The number of hydrogen-bond donors (Lipinski definition) is 2. The highest BCUT2D eigenvalue weighted by molar-refractivity contribution is 7.98. The van der Waals surface area contributed by atoms with E-state index in [-0.39, 0.29) is 6.10 Å². The van der Waals surface area contributed by atoms with Gasteiger partial charge in [-0.05, 0) is 35.4 Å². The lowest BCUT2D eigenvalue weighted by Gasteiger charge is -2.18. The van der Waals surface area contributed by atoms with E-state index in [0.717, 1.165) is 33.7 Å². The molecule has 0 saturated heterocycles. The summed E-state index contributed by atoms with van der Waals surface area (Å²) in [6.07, 6.45) is 5.67. The summed E-state index contributed by atoms with van der Waals surface area (Å²) in [7, 11) is 0. The first-order valence-electron chi connectivity index (χ1n) is 9.43. The van der Waals surface area contributed by atoms with Crippen molar-refractivity contribution >= 4 is 46.9 Å². The monoisotopic (exact) mass is 496 g/mol. The molecule has 0 fully saturated rings. The molecule has 32 heavy (non-hydrogen) atoms.